The summed E-state index contributed by atoms with van der Waals surface area (Å²) >= 11 is 0. The van der Waals surface area contributed by atoms with E-state index in [1.807, 2.05) is 12.1 Å². The van der Waals surface area contributed by atoms with Crippen LogP contribution in [0, 0.1) is 0 Å². The van der Waals surface area contributed by atoms with Gasteiger partial charge < -0.3 is 15.4 Å². The maximum Gasteiger partial charge on any atom is 0.0758 e. The Labute approximate surface area is 122 Å². The number of nitrogen functional groups attached to an aromatic ring is 1. The van der Waals surface area contributed by atoms with Crippen LogP contribution in [-0.2, 0) is 4.74 Å². The summed E-state index contributed by atoms with van der Waals surface area (Å²) in [7, 11) is 0. The fourth-order valence-corrected chi connectivity index (χ4v) is 3.76. The highest BCUT2D eigenvalue weighted by atomic mass is 16.5. The van der Waals surface area contributed by atoms with Gasteiger partial charge in [0.25, 0.3) is 0 Å². The lowest BCUT2D eigenvalue weighted by atomic mass is 9.98. The number of likely N-dealkylation sites (N-methyl/N-ethyl adjacent to an activating group) is 1. The summed E-state index contributed by atoms with van der Waals surface area (Å²) in [4.78, 5) is 2.40. The maximum absolute atomic E-state index is 6.42. The van der Waals surface area contributed by atoms with Crippen LogP contribution in [0.2, 0.25) is 0 Å². The van der Waals surface area contributed by atoms with Gasteiger partial charge in [0.15, 0.2) is 0 Å². The molecule has 0 radical (unpaired) electrons. The van der Waals surface area contributed by atoms with Crippen molar-refractivity contribution in [3.8, 4) is 0 Å². The van der Waals surface area contributed by atoms with E-state index in [9.17, 15) is 0 Å². The second-order valence-corrected chi connectivity index (χ2v) is 6.30. The van der Waals surface area contributed by atoms with Crippen LogP contribution >= 0.6 is 0 Å². The lowest BCUT2D eigenvalue weighted by Gasteiger charge is -2.29. The van der Waals surface area contributed by atoms with Gasteiger partial charge in [-0.25, -0.2) is 0 Å². The molecule has 1 aliphatic heterocycles. The minimum Gasteiger partial charge on any atom is -0.399 e. The predicted octanol–water partition coefficient (Wildman–Crippen LogP) is 3.59. The van der Waals surface area contributed by atoms with Gasteiger partial charge in [-0.2, -0.15) is 0 Å². The lowest BCUT2D eigenvalue weighted by molar-refractivity contribution is -0.0327. The van der Waals surface area contributed by atoms with E-state index in [4.69, 9.17) is 10.5 Å². The molecular weight excluding hydrogens is 248 g/mol. The molecule has 1 saturated heterocycles. The van der Waals surface area contributed by atoms with E-state index in [1.165, 1.54) is 44.2 Å². The molecule has 20 heavy (non-hydrogen) atoms. The van der Waals surface area contributed by atoms with E-state index in [2.05, 4.69) is 24.0 Å². The minimum absolute atomic E-state index is 0.241. The van der Waals surface area contributed by atoms with Gasteiger partial charge in [0, 0.05) is 24.5 Å². The highest BCUT2D eigenvalue weighted by Gasteiger charge is 2.42. The van der Waals surface area contributed by atoms with Gasteiger partial charge in [0.2, 0.25) is 0 Å². The first-order valence-electron chi connectivity index (χ1n) is 7.99. The number of anilines is 2. The Morgan fingerprint density at radius 3 is 2.55 bits per heavy atom. The standard InChI is InChI=1S/C17H26N2O/c1-2-19(15-7-5-14(18)6-8-15)13-16-9-12-17(20-16)10-3-4-11-17/h5-8,16H,2-4,9-13,18H2,1H3. The van der Waals surface area contributed by atoms with Crippen molar-refractivity contribution in [2.75, 3.05) is 23.7 Å². The van der Waals surface area contributed by atoms with Crippen molar-refractivity contribution in [2.45, 2.75) is 57.2 Å². The second-order valence-electron chi connectivity index (χ2n) is 6.30. The monoisotopic (exact) mass is 274 g/mol. The molecule has 1 aromatic carbocycles. The van der Waals surface area contributed by atoms with Crippen molar-refractivity contribution in [3.63, 3.8) is 0 Å². The zero-order valence-electron chi connectivity index (χ0n) is 12.5. The van der Waals surface area contributed by atoms with Crippen molar-refractivity contribution >= 4 is 11.4 Å². The van der Waals surface area contributed by atoms with Crippen LogP contribution in [0.25, 0.3) is 0 Å². The van der Waals surface area contributed by atoms with E-state index in [0.29, 0.717) is 6.10 Å². The third-order valence-corrected chi connectivity index (χ3v) is 4.92. The summed E-state index contributed by atoms with van der Waals surface area (Å²) < 4.78 is 6.42. The number of hydrogen-bond donors (Lipinski definition) is 1. The largest absolute Gasteiger partial charge is 0.399 e. The Kier molecular flexibility index (Phi) is 3.88. The van der Waals surface area contributed by atoms with Gasteiger partial charge in [-0.1, -0.05) is 12.8 Å². The number of benzene rings is 1. The summed E-state index contributed by atoms with van der Waals surface area (Å²) in [5.41, 5.74) is 8.08. The molecule has 3 nitrogen and oxygen atoms in total. The molecule has 3 heteroatoms. The van der Waals surface area contributed by atoms with Crippen molar-refractivity contribution in [2.24, 2.45) is 0 Å². The SMILES string of the molecule is CCN(CC1CCC2(CCCC2)O1)c1ccc(N)cc1. The molecule has 1 aromatic rings. The van der Waals surface area contributed by atoms with Crippen LogP contribution in [0.5, 0.6) is 0 Å². The smallest absolute Gasteiger partial charge is 0.0758 e. The third-order valence-electron chi connectivity index (χ3n) is 4.92. The number of hydrogen-bond acceptors (Lipinski definition) is 3. The molecule has 1 spiro atoms. The van der Waals surface area contributed by atoms with Crippen molar-refractivity contribution < 1.29 is 4.74 Å². The Balaban J connectivity index is 1.62. The Morgan fingerprint density at radius 2 is 1.90 bits per heavy atom. The summed E-state index contributed by atoms with van der Waals surface area (Å²) in [6.07, 6.45) is 8.12. The Bertz CT molecular complexity index is 437. The van der Waals surface area contributed by atoms with Crippen LogP contribution < -0.4 is 10.6 Å². The molecule has 0 aromatic heterocycles. The lowest BCUT2D eigenvalue weighted by Crippen LogP contribution is -2.34. The topological polar surface area (TPSA) is 38.5 Å². The first-order chi connectivity index (χ1) is 9.71. The molecule has 1 unspecified atom stereocenters. The van der Waals surface area contributed by atoms with E-state index < -0.39 is 0 Å². The number of rotatable bonds is 4. The molecule has 1 atom stereocenters. The van der Waals surface area contributed by atoms with Gasteiger partial charge in [0.1, 0.15) is 0 Å². The Hall–Kier alpha value is -1.22. The van der Waals surface area contributed by atoms with Gasteiger partial charge in [0.05, 0.1) is 11.7 Å². The molecule has 1 aliphatic carbocycles. The van der Waals surface area contributed by atoms with E-state index in [-0.39, 0.29) is 5.60 Å². The highest BCUT2D eigenvalue weighted by Crippen LogP contribution is 2.43. The van der Waals surface area contributed by atoms with E-state index in [0.717, 1.165) is 18.8 Å². The third kappa shape index (κ3) is 2.78. The zero-order valence-corrected chi connectivity index (χ0v) is 12.5. The van der Waals surface area contributed by atoms with E-state index in [1.54, 1.807) is 0 Å². The highest BCUT2D eigenvalue weighted by molar-refractivity contribution is 5.53. The fraction of sp³-hybridized carbons (Fsp3) is 0.647. The first kappa shape index (κ1) is 13.7. The molecular formula is C17H26N2O. The number of ether oxygens (including phenoxy) is 1. The molecule has 2 fully saturated rings. The summed E-state index contributed by atoms with van der Waals surface area (Å²) in [5, 5.41) is 0. The normalized spacial score (nSPS) is 24.4. The summed E-state index contributed by atoms with van der Waals surface area (Å²) in [5.74, 6) is 0. The average molecular weight is 274 g/mol. The number of nitrogens with zero attached hydrogens (tertiary/aromatic N) is 1. The second kappa shape index (κ2) is 5.65. The fourth-order valence-electron chi connectivity index (χ4n) is 3.76. The van der Waals surface area contributed by atoms with E-state index >= 15 is 0 Å². The molecule has 1 heterocycles. The quantitative estimate of drug-likeness (QED) is 0.853. The van der Waals surface area contributed by atoms with Gasteiger partial charge >= 0.3 is 0 Å². The average Bonchev–Trinajstić information content (AvgIpc) is 3.08. The van der Waals surface area contributed by atoms with Crippen LogP contribution in [0.3, 0.4) is 0 Å². The van der Waals surface area contributed by atoms with Crippen LogP contribution in [0.15, 0.2) is 24.3 Å². The molecule has 0 amide bonds. The van der Waals surface area contributed by atoms with Crippen LogP contribution in [0.1, 0.15) is 45.4 Å². The molecule has 1 saturated carbocycles. The number of nitrogens with two attached hydrogens (primary N) is 1. The first-order valence-corrected chi connectivity index (χ1v) is 7.99. The summed E-state index contributed by atoms with van der Waals surface area (Å²) in [6, 6.07) is 8.18. The summed E-state index contributed by atoms with van der Waals surface area (Å²) in [6.45, 7) is 4.22. The van der Waals surface area contributed by atoms with Gasteiger partial charge in [-0.15, -0.1) is 0 Å². The molecule has 2 N–H and O–H groups in total. The minimum atomic E-state index is 0.241. The van der Waals surface area contributed by atoms with Crippen molar-refractivity contribution in [1.29, 1.82) is 0 Å². The maximum atomic E-state index is 6.42. The molecule has 0 bridgehead atoms. The van der Waals surface area contributed by atoms with Crippen LogP contribution in [0.4, 0.5) is 11.4 Å². The zero-order chi connectivity index (χ0) is 14.0. The molecule has 2 aliphatic rings. The molecule has 3 rings (SSSR count). The predicted molar refractivity (Wildman–Crippen MR) is 84.0 cm³/mol. The van der Waals surface area contributed by atoms with Crippen LogP contribution in [-0.4, -0.2) is 24.8 Å². The Morgan fingerprint density at radius 1 is 1.20 bits per heavy atom. The van der Waals surface area contributed by atoms with Gasteiger partial charge in [-0.3, -0.25) is 0 Å². The van der Waals surface area contributed by atoms with Crippen molar-refractivity contribution in [1.82, 2.24) is 0 Å². The van der Waals surface area contributed by atoms with Gasteiger partial charge in [-0.05, 0) is 56.9 Å². The van der Waals surface area contributed by atoms with Crippen molar-refractivity contribution in [3.05, 3.63) is 24.3 Å². The molecule has 110 valence electrons.